The maximum Gasteiger partial charge on any atom is 0.124 e. The molecule has 0 spiro atoms. The number of hydrogen-bond acceptors (Lipinski definition) is 7. The Morgan fingerprint density at radius 2 is 1.56 bits per heavy atom. The van der Waals surface area contributed by atoms with Gasteiger partial charge in [0.25, 0.3) is 0 Å². The van der Waals surface area contributed by atoms with Gasteiger partial charge >= 0.3 is 0 Å². The molecule has 2 rings (SSSR count). The first-order valence-corrected chi connectivity index (χ1v) is 6.55. The number of nitrogens with one attached hydrogen (secondary N) is 3. The predicted octanol–water partition coefficient (Wildman–Crippen LogP) is -1.55. The number of hydrogen-bond donors (Lipinski definition) is 3. The van der Waals surface area contributed by atoms with Crippen LogP contribution in [-0.2, 0) is 9.68 Å². The molecule has 0 saturated carbocycles. The third kappa shape index (κ3) is 7.93. The lowest BCUT2D eigenvalue weighted by Gasteiger charge is -2.26. The number of likely N-dealkylation sites (N-methyl/N-ethyl adjacent to an activating group) is 1. The van der Waals surface area contributed by atoms with Crippen LogP contribution in [0.25, 0.3) is 0 Å². The molecule has 3 N–H and O–H groups in total. The summed E-state index contributed by atoms with van der Waals surface area (Å²) < 4.78 is 0. The van der Waals surface area contributed by atoms with E-state index in [9.17, 15) is 0 Å². The Bertz CT molecular complexity index is 184. The fraction of sp³-hybridized carbons (Fsp3) is 1.00. The Hall–Kier alpha value is -0.280. The van der Waals surface area contributed by atoms with Gasteiger partial charge in [0.15, 0.2) is 0 Å². The minimum atomic E-state index is 0.579. The standard InChI is InChI=1S/C6H15N3O2.C5H12N2/c1-10-8-11-6-9-4-2-7-3-5-9;1-7-4-2-6-3-5-7/h7-8H,2-6H2,1H3;6H,2-5H2,1H3. The maximum absolute atomic E-state index is 4.95. The average molecular weight is 261 g/mol. The summed E-state index contributed by atoms with van der Waals surface area (Å²) in [6.07, 6.45) is 0. The highest BCUT2D eigenvalue weighted by molar-refractivity contribution is 4.64. The Morgan fingerprint density at radius 1 is 1.00 bits per heavy atom. The molecule has 2 saturated heterocycles. The van der Waals surface area contributed by atoms with Crippen molar-refractivity contribution in [3.63, 3.8) is 0 Å². The molecule has 0 radical (unpaired) electrons. The van der Waals surface area contributed by atoms with Crippen molar-refractivity contribution in [2.75, 3.05) is 73.2 Å². The summed E-state index contributed by atoms with van der Waals surface area (Å²) in [6, 6.07) is 0. The van der Waals surface area contributed by atoms with Crippen LogP contribution >= 0.6 is 0 Å². The zero-order chi connectivity index (χ0) is 13.1. The highest BCUT2D eigenvalue weighted by Gasteiger charge is 2.08. The predicted molar refractivity (Wildman–Crippen MR) is 70.9 cm³/mol. The summed E-state index contributed by atoms with van der Waals surface area (Å²) >= 11 is 0. The Labute approximate surface area is 110 Å². The van der Waals surface area contributed by atoms with Crippen molar-refractivity contribution in [2.45, 2.75) is 0 Å². The van der Waals surface area contributed by atoms with E-state index in [1.54, 1.807) is 0 Å². The molecule has 7 nitrogen and oxygen atoms in total. The van der Waals surface area contributed by atoms with Crippen LogP contribution in [0.4, 0.5) is 0 Å². The molecule has 0 atom stereocenters. The van der Waals surface area contributed by atoms with Crippen molar-refractivity contribution in [3.8, 4) is 0 Å². The van der Waals surface area contributed by atoms with Crippen molar-refractivity contribution in [1.82, 2.24) is 26.1 Å². The quantitative estimate of drug-likeness (QED) is 0.418. The molecule has 108 valence electrons. The molecule has 0 aliphatic carbocycles. The summed E-state index contributed by atoms with van der Waals surface area (Å²) in [5.41, 5.74) is 2.33. The fourth-order valence-corrected chi connectivity index (χ4v) is 1.79. The highest BCUT2D eigenvalue weighted by atomic mass is 16.9. The van der Waals surface area contributed by atoms with E-state index in [0.717, 1.165) is 39.3 Å². The van der Waals surface area contributed by atoms with Crippen LogP contribution in [0.5, 0.6) is 0 Å². The first kappa shape index (κ1) is 15.8. The number of piperazine rings is 2. The van der Waals surface area contributed by atoms with Crippen molar-refractivity contribution < 1.29 is 9.68 Å². The zero-order valence-electron chi connectivity index (χ0n) is 11.6. The fourth-order valence-electron chi connectivity index (χ4n) is 1.79. The van der Waals surface area contributed by atoms with Crippen molar-refractivity contribution in [1.29, 1.82) is 0 Å². The van der Waals surface area contributed by atoms with Crippen LogP contribution in [0, 0.1) is 0 Å². The van der Waals surface area contributed by atoms with Gasteiger partial charge < -0.3 is 15.5 Å². The molecule has 7 heteroatoms. The normalized spacial score (nSPS) is 22.3. The SMILES string of the molecule is CN1CCNCC1.CONOCN1CCNCC1. The molecule has 2 heterocycles. The van der Waals surface area contributed by atoms with Crippen LogP contribution < -0.4 is 16.3 Å². The second-order valence-electron chi connectivity index (χ2n) is 4.48. The summed E-state index contributed by atoms with van der Waals surface area (Å²) in [6.45, 7) is 9.46. The molecular weight excluding hydrogens is 234 g/mol. The molecule has 2 aliphatic rings. The van der Waals surface area contributed by atoms with Gasteiger partial charge in [-0.3, -0.25) is 14.6 Å². The van der Waals surface area contributed by atoms with Gasteiger partial charge in [-0.15, -0.1) is 0 Å². The van der Waals surface area contributed by atoms with E-state index in [0.29, 0.717) is 6.73 Å². The second-order valence-corrected chi connectivity index (χ2v) is 4.48. The van der Waals surface area contributed by atoms with Crippen LogP contribution in [0.15, 0.2) is 0 Å². The summed E-state index contributed by atoms with van der Waals surface area (Å²) in [4.78, 5) is 14.0. The minimum absolute atomic E-state index is 0.579. The van der Waals surface area contributed by atoms with E-state index in [1.165, 1.54) is 20.2 Å². The summed E-state index contributed by atoms with van der Waals surface area (Å²) in [5.74, 6) is 0. The van der Waals surface area contributed by atoms with Crippen LogP contribution in [0.3, 0.4) is 0 Å². The molecule has 18 heavy (non-hydrogen) atoms. The Balaban J connectivity index is 0.000000199. The van der Waals surface area contributed by atoms with E-state index in [1.807, 2.05) is 0 Å². The second kappa shape index (κ2) is 10.6. The molecule has 0 aromatic carbocycles. The van der Waals surface area contributed by atoms with Gasteiger partial charge in [0.05, 0.1) is 7.11 Å². The van der Waals surface area contributed by atoms with Crippen LogP contribution in [0.2, 0.25) is 0 Å². The molecule has 2 fully saturated rings. The van der Waals surface area contributed by atoms with Gasteiger partial charge in [0, 0.05) is 52.4 Å². The average Bonchev–Trinajstić information content (AvgIpc) is 2.42. The van der Waals surface area contributed by atoms with Crippen LogP contribution in [-0.4, -0.2) is 83.0 Å². The lowest BCUT2D eigenvalue weighted by atomic mass is 10.4. The van der Waals surface area contributed by atoms with E-state index < -0.39 is 0 Å². The first-order chi connectivity index (χ1) is 8.83. The third-order valence-electron chi connectivity index (χ3n) is 2.94. The maximum atomic E-state index is 4.95. The van der Waals surface area contributed by atoms with Gasteiger partial charge in [0.1, 0.15) is 6.73 Å². The molecule has 0 aromatic rings. The monoisotopic (exact) mass is 261 g/mol. The molecule has 0 unspecified atom stereocenters. The van der Waals surface area contributed by atoms with E-state index in [4.69, 9.17) is 4.84 Å². The van der Waals surface area contributed by atoms with Crippen molar-refractivity contribution in [3.05, 3.63) is 0 Å². The Kier molecular flexibility index (Phi) is 9.31. The third-order valence-corrected chi connectivity index (χ3v) is 2.94. The first-order valence-electron chi connectivity index (χ1n) is 6.55. The zero-order valence-corrected chi connectivity index (χ0v) is 11.6. The number of rotatable bonds is 4. The minimum Gasteiger partial charge on any atom is -0.314 e. The van der Waals surface area contributed by atoms with Gasteiger partial charge in [-0.2, -0.15) is 0 Å². The summed E-state index contributed by atoms with van der Waals surface area (Å²) in [5, 5.41) is 6.53. The lowest BCUT2D eigenvalue weighted by molar-refractivity contribution is -0.178. The molecule has 2 aliphatic heterocycles. The lowest BCUT2D eigenvalue weighted by Crippen LogP contribution is -2.45. The van der Waals surface area contributed by atoms with Crippen molar-refractivity contribution >= 4 is 0 Å². The van der Waals surface area contributed by atoms with Crippen LogP contribution in [0.1, 0.15) is 0 Å². The Morgan fingerprint density at radius 3 is 2.00 bits per heavy atom. The topological polar surface area (TPSA) is 61.0 Å². The molecule has 0 amide bonds. The van der Waals surface area contributed by atoms with E-state index >= 15 is 0 Å². The number of nitrogens with zero attached hydrogens (tertiary/aromatic N) is 2. The molecule has 0 aromatic heterocycles. The van der Waals surface area contributed by atoms with Gasteiger partial charge in [-0.1, -0.05) is 5.64 Å². The smallest absolute Gasteiger partial charge is 0.124 e. The van der Waals surface area contributed by atoms with Gasteiger partial charge in [-0.05, 0) is 7.05 Å². The van der Waals surface area contributed by atoms with Crippen molar-refractivity contribution in [2.24, 2.45) is 0 Å². The largest absolute Gasteiger partial charge is 0.314 e. The highest BCUT2D eigenvalue weighted by Crippen LogP contribution is 1.90. The molecular formula is C11H27N5O2. The van der Waals surface area contributed by atoms with Gasteiger partial charge in [-0.25, -0.2) is 0 Å². The van der Waals surface area contributed by atoms with E-state index in [-0.39, 0.29) is 0 Å². The van der Waals surface area contributed by atoms with E-state index in [2.05, 4.69) is 38.0 Å². The summed E-state index contributed by atoms with van der Waals surface area (Å²) in [7, 11) is 3.68. The van der Waals surface area contributed by atoms with Gasteiger partial charge in [0.2, 0.25) is 0 Å². The molecule has 0 bridgehead atoms.